The molecule has 1 unspecified atom stereocenters. The number of thiol groups is 1. The fraction of sp³-hybridized carbons (Fsp3) is 0.625. The zero-order chi connectivity index (χ0) is 21.3. The van der Waals surface area contributed by atoms with E-state index in [0.717, 1.165) is 18.6 Å². The molecule has 0 spiro atoms. The second kappa shape index (κ2) is 11.5. The van der Waals surface area contributed by atoms with Gasteiger partial charge in [0.25, 0.3) is 0 Å². The molecule has 0 bridgehead atoms. The molecule has 11 nitrogen and oxygen atoms in total. The van der Waals surface area contributed by atoms with E-state index in [1.54, 1.807) is 17.8 Å². The minimum Gasteiger partial charge on any atom is -0.366 e. The Morgan fingerprint density at radius 3 is 2.83 bits per heavy atom. The maximum Gasteiger partial charge on any atom is 0.350 e. The summed E-state index contributed by atoms with van der Waals surface area (Å²) in [5, 5.41) is 5.98. The predicted octanol–water partition coefficient (Wildman–Crippen LogP) is 0.995. The van der Waals surface area contributed by atoms with Crippen LogP contribution in [0, 0.1) is 0 Å². The third-order valence-electron chi connectivity index (χ3n) is 3.93. The molecule has 2 aromatic heterocycles. The highest BCUT2D eigenvalue weighted by molar-refractivity contribution is 7.80. The van der Waals surface area contributed by atoms with Gasteiger partial charge in [-0.3, -0.25) is 9.36 Å². The van der Waals surface area contributed by atoms with E-state index >= 15 is 0 Å². The monoisotopic (exact) mass is 446 g/mol. The average molecular weight is 446 g/mol. The number of hydrogen-bond donors (Lipinski definition) is 5. The summed E-state index contributed by atoms with van der Waals surface area (Å²) in [6.45, 7) is 2.98. The van der Waals surface area contributed by atoms with Crippen LogP contribution in [-0.2, 0) is 20.6 Å². The third kappa shape index (κ3) is 8.27. The van der Waals surface area contributed by atoms with Gasteiger partial charge in [-0.05, 0) is 25.5 Å². The van der Waals surface area contributed by atoms with Crippen molar-refractivity contribution in [2.75, 3.05) is 30.5 Å². The van der Waals surface area contributed by atoms with Crippen molar-refractivity contribution < 1.29 is 23.9 Å². The quantitative estimate of drug-likeness (QED) is 0.172. The Balaban J connectivity index is 1.87. The Morgan fingerprint density at radius 2 is 2.10 bits per heavy atom. The highest BCUT2D eigenvalue weighted by Gasteiger charge is 2.17. The van der Waals surface area contributed by atoms with Gasteiger partial charge >= 0.3 is 7.60 Å². The molecule has 0 aliphatic carbocycles. The van der Waals surface area contributed by atoms with Gasteiger partial charge in [-0.1, -0.05) is 0 Å². The van der Waals surface area contributed by atoms with E-state index < -0.39 is 20.0 Å². The lowest BCUT2D eigenvalue weighted by Crippen LogP contribution is -2.28. The predicted molar refractivity (Wildman–Crippen MR) is 112 cm³/mol. The molecule has 13 heteroatoms. The van der Waals surface area contributed by atoms with E-state index in [1.807, 2.05) is 0 Å². The number of aromatic nitrogens is 4. The van der Waals surface area contributed by atoms with Gasteiger partial charge in [0.2, 0.25) is 5.91 Å². The molecule has 0 saturated carbocycles. The lowest BCUT2D eigenvalue weighted by molar-refractivity contribution is -0.121. The molecule has 0 aromatic carbocycles. The van der Waals surface area contributed by atoms with Crippen LogP contribution in [0.1, 0.15) is 26.2 Å². The fourth-order valence-electron chi connectivity index (χ4n) is 2.57. The second-order valence-corrected chi connectivity index (χ2v) is 8.55. The summed E-state index contributed by atoms with van der Waals surface area (Å²) in [5.74, 6) is 1.33. The first-order chi connectivity index (χ1) is 13.8. The maximum absolute atomic E-state index is 11.7. The second-order valence-electron chi connectivity index (χ2n) is 6.52. The Morgan fingerprint density at radius 1 is 1.31 bits per heavy atom. The van der Waals surface area contributed by atoms with E-state index in [1.165, 1.54) is 6.33 Å². The summed E-state index contributed by atoms with van der Waals surface area (Å²) in [6, 6.07) is 0. The lowest BCUT2D eigenvalue weighted by atomic mass is 10.2. The largest absolute Gasteiger partial charge is 0.366 e. The standard InChI is InChI=1S/C16H27N6O5PS/c1-12(27-11-28(24,25)26)8-22-10-21-14-15(19-9-20-16(14)22)18-6-5-17-13(23)4-2-3-7-29/h9-10,12,29H,2-8,11H2,1H3,(H,17,23)(H,18,19,20)(H2,24,25,26). The molecule has 2 heterocycles. The topological polar surface area (TPSA) is 151 Å². The van der Waals surface area contributed by atoms with Gasteiger partial charge in [-0.25, -0.2) is 15.0 Å². The van der Waals surface area contributed by atoms with E-state index in [-0.39, 0.29) is 5.91 Å². The number of carbonyl (C=O) groups excluding carboxylic acids is 1. The number of ether oxygens (including phenoxy) is 1. The molecule has 2 rings (SSSR count). The van der Waals surface area contributed by atoms with E-state index in [9.17, 15) is 9.36 Å². The molecule has 29 heavy (non-hydrogen) atoms. The number of nitrogens with one attached hydrogen (secondary N) is 2. The van der Waals surface area contributed by atoms with E-state index in [0.29, 0.717) is 43.0 Å². The number of amides is 1. The molecule has 0 fully saturated rings. The van der Waals surface area contributed by atoms with Crippen LogP contribution >= 0.6 is 20.2 Å². The highest BCUT2D eigenvalue weighted by Crippen LogP contribution is 2.34. The molecule has 1 atom stereocenters. The van der Waals surface area contributed by atoms with Crippen LogP contribution in [0.4, 0.5) is 5.82 Å². The molecule has 0 saturated heterocycles. The minimum atomic E-state index is -4.21. The van der Waals surface area contributed by atoms with Crippen LogP contribution in [0.15, 0.2) is 12.7 Å². The summed E-state index contributed by atoms with van der Waals surface area (Å²) in [5.41, 5.74) is 1.14. The molecule has 0 radical (unpaired) electrons. The number of fused-ring (bicyclic) bond motifs is 1. The fourth-order valence-corrected chi connectivity index (χ4v) is 3.24. The Bertz CT molecular complexity index is 844. The van der Waals surface area contributed by atoms with Gasteiger partial charge < -0.3 is 29.7 Å². The molecule has 4 N–H and O–H groups in total. The number of nitrogens with zero attached hydrogens (tertiary/aromatic N) is 4. The molecular weight excluding hydrogens is 419 g/mol. The first-order valence-electron chi connectivity index (χ1n) is 9.23. The van der Waals surface area contributed by atoms with Crippen LogP contribution in [0.25, 0.3) is 11.2 Å². The van der Waals surface area contributed by atoms with Gasteiger partial charge in [-0.2, -0.15) is 12.6 Å². The van der Waals surface area contributed by atoms with Crippen LogP contribution < -0.4 is 10.6 Å². The zero-order valence-corrected chi connectivity index (χ0v) is 18.0. The van der Waals surface area contributed by atoms with Gasteiger partial charge in [0.15, 0.2) is 11.5 Å². The summed E-state index contributed by atoms with van der Waals surface area (Å²) >= 11 is 4.12. The zero-order valence-electron chi connectivity index (χ0n) is 16.2. The number of carbonyl (C=O) groups is 1. The van der Waals surface area contributed by atoms with Crippen LogP contribution in [0.2, 0.25) is 0 Å². The highest BCUT2D eigenvalue weighted by atomic mass is 32.1. The van der Waals surface area contributed by atoms with Crippen LogP contribution in [0.5, 0.6) is 0 Å². The Hall–Kier alpha value is -1.72. The van der Waals surface area contributed by atoms with E-state index in [4.69, 9.17) is 14.5 Å². The SMILES string of the molecule is CC(Cn1cnc2c(NCCNC(=O)CCCCS)ncnc21)OCP(=O)(O)O. The first kappa shape index (κ1) is 23.6. The molecule has 0 aliphatic heterocycles. The minimum absolute atomic E-state index is 0.00925. The van der Waals surface area contributed by atoms with Gasteiger partial charge in [0.05, 0.1) is 19.0 Å². The number of imidazole rings is 1. The number of hydrogen-bond acceptors (Lipinski definition) is 8. The molecule has 1 amide bonds. The van der Waals surface area contributed by atoms with E-state index in [2.05, 4.69) is 38.2 Å². The van der Waals surface area contributed by atoms with Crippen molar-refractivity contribution in [3.8, 4) is 0 Å². The van der Waals surface area contributed by atoms with Crippen LogP contribution in [0.3, 0.4) is 0 Å². The van der Waals surface area contributed by atoms with Gasteiger partial charge in [0.1, 0.15) is 18.2 Å². The molecular formula is C16H27N6O5PS. The Kier molecular flexibility index (Phi) is 9.31. The maximum atomic E-state index is 11.7. The van der Waals surface area contributed by atoms with Crippen molar-refractivity contribution in [3.05, 3.63) is 12.7 Å². The summed E-state index contributed by atoms with van der Waals surface area (Å²) in [6.07, 6.45) is 4.13. The van der Waals surface area contributed by atoms with Gasteiger partial charge in [0, 0.05) is 19.5 Å². The number of unbranched alkanes of at least 4 members (excludes halogenated alkanes) is 1. The lowest BCUT2D eigenvalue weighted by Gasteiger charge is -2.14. The molecule has 162 valence electrons. The van der Waals surface area contributed by atoms with Gasteiger partial charge in [-0.15, -0.1) is 0 Å². The summed E-state index contributed by atoms with van der Waals surface area (Å²) < 4.78 is 17.8. The number of anilines is 1. The van der Waals surface area contributed by atoms with Crippen molar-refractivity contribution in [2.24, 2.45) is 0 Å². The smallest absolute Gasteiger partial charge is 0.350 e. The first-order valence-corrected chi connectivity index (χ1v) is 11.7. The van der Waals surface area contributed by atoms with Crippen molar-refractivity contribution in [3.63, 3.8) is 0 Å². The average Bonchev–Trinajstić information content (AvgIpc) is 3.07. The summed E-state index contributed by atoms with van der Waals surface area (Å²) in [7, 11) is -4.21. The normalized spacial score (nSPS) is 12.8. The summed E-state index contributed by atoms with van der Waals surface area (Å²) in [4.78, 5) is 42.2. The molecule has 2 aromatic rings. The van der Waals surface area contributed by atoms with Crippen molar-refractivity contribution >= 4 is 43.1 Å². The third-order valence-corrected chi connectivity index (χ3v) is 4.74. The van der Waals surface area contributed by atoms with Crippen molar-refractivity contribution in [2.45, 2.75) is 38.8 Å². The Labute approximate surface area is 174 Å². The number of rotatable bonds is 13. The van der Waals surface area contributed by atoms with Crippen LogP contribution in [-0.4, -0.2) is 66.5 Å². The molecule has 0 aliphatic rings. The van der Waals surface area contributed by atoms with Crippen molar-refractivity contribution in [1.82, 2.24) is 24.8 Å². The van der Waals surface area contributed by atoms with Crippen molar-refractivity contribution in [1.29, 1.82) is 0 Å².